The molecule has 4 heterocycles. The van der Waals surface area contributed by atoms with E-state index in [1.54, 1.807) is 37.1 Å². The molecule has 10 heteroatoms. The molecule has 1 aromatic heterocycles. The number of imide groups is 1. The van der Waals surface area contributed by atoms with Crippen molar-refractivity contribution in [2.24, 2.45) is 11.8 Å². The lowest BCUT2D eigenvalue weighted by atomic mass is 10.0. The third-order valence-electron chi connectivity index (χ3n) is 7.53. The van der Waals surface area contributed by atoms with Crippen LogP contribution in [0, 0.1) is 11.8 Å². The van der Waals surface area contributed by atoms with Gasteiger partial charge in [0.2, 0.25) is 0 Å². The van der Waals surface area contributed by atoms with Gasteiger partial charge in [-0.2, -0.15) is 0 Å². The van der Waals surface area contributed by atoms with Crippen LogP contribution in [0.4, 0.5) is 16.3 Å². The van der Waals surface area contributed by atoms with Crippen LogP contribution >= 0.6 is 0 Å². The quantitative estimate of drug-likeness (QED) is 0.651. The van der Waals surface area contributed by atoms with E-state index in [-0.39, 0.29) is 23.1 Å². The van der Waals surface area contributed by atoms with Gasteiger partial charge in [-0.3, -0.25) is 4.79 Å². The molecule has 2 aromatic rings. The molecule has 4 aliphatic rings. The summed E-state index contributed by atoms with van der Waals surface area (Å²) in [4.78, 5) is 34.2. The van der Waals surface area contributed by atoms with Gasteiger partial charge in [0.1, 0.15) is 11.4 Å². The summed E-state index contributed by atoms with van der Waals surface area (Å²) in [7, 11) is -3.28. The van der Waals surface area contributed by atoms with E-state index >= 15 is 0 Å². The highest BCUT2D eigenvalue weighted by atomic mass is 32.2. The van der Waals surface area contributed by atoms with Crippen molar-refractivity contribution in [3.8, 4) is 0 Å². The van der Waals surface area contributed by atoms with Crippen LogP contribution in [0.3, 0.4) is 0 Å². The van der Waals surface area contributed by atoms with Gasteiger partial charge in [-0.15, -0.1) is 0 Å². The molecule has 178 valence electrons. The average Bonchev–Trinajstić information content (AvgIpc) is 3.08. The van der Waals surface area contributed by atoms with E-state index in [0.29, 0.717) is 35.5 Å². The third kappa shape index (κ3) is 3.23. The zero-order chi connectivity index (χ0) is 23.8. The second-order valence-corrected chi connectivity index (χ2v) is 12.1. The first-order valence-corrected chi connectivity index (χ1v) is 13.1. The number of carbonyl (C=O) groups excluding carboxylic acids is 2. The number of anilines is 2. The molecule has 9 nitrogen and oxygen atoms in total. The molecule has 1 aliphatic carbocycles. The highest BCUT2D eigenvalue weighted by molar-refractivity contribution is 7.91. The maximum absolute atomic E-state index is 13.4. The predicted molar refractivity (Wildman–Crippen MR) is 124 cm³/mol. The Morgan fingerprint density at radius 3 is 2.68 bits per heavy atom. The lowest BCUT2D eigenvalue weighted by Gasteiger charge is -2.27. The van der Waals surface area contributed by atoms with Gasteiger partial charge >= 0.3 is 6.03 Å². The van der Waals surface area contributed by atoms with Crippen LogP contribution in [0.5, 0.6) is 0 Å². The van der Waals surface area contributed by atoms with Crippen molar-refractivity contribution in [3.63, 3.8) is 0 Å². The first-order chi connectivity index (χ1) is 16.2. The summed E-state index contributed by atoms with van der Waals surface area (Å²) in [6.07, 6.45) is 2.09. The SMILES string of the molecule is CC1(C)C(=O)N(c2ccc3c(c2)CCS3(=O)=O)C(=O)N1Cc1ccnc(NC2[C@H]3COC[C@@H]23)c1. The summed E-state index contributed by atoms with van der Waals surface area (Å²) in [5, 5.41) is 3.47. The summed E-state index contributed by atoms with van der Waals surface area (Å²) in [6, 6.07) is 8.42. The van der Waals surface area contributed by atoms with E-state index in [1.165, 1.54) is 6.07 Å². The van der Waals surface area contributed by atoms with Gasteiger partial charge in [-0.1, -0.05) is 0 Å². The molecular formula is C24H26N4O5S. The van der Waals surface area contributed by atoms with Crippen molar-refractivity contribution < 1.29 is 22.7 Å². The minimum absolute atomic E-state index is 0.0546. The van der Waals surface area contributed by atoms with Crippen LogP contribution in [0.2, 0.25) is 0 Å². The molecule has 1 aromatic carbocycles. The van der Waals surface area contributed by atoms with Crippen molar-refractivity contribution >= 4 is 33.3 Å². The van der Waals surface area contributed by atoms with E-state index in [9.17, 15) is 18.0 Å². The molecule has 2 saturated heterocycles. The number of sulfone groups is 1. The fraction of sp³-hybridized carbons (Fsp3) is 0.458. The number of pyridine rings is 1. The molecule has 3 amide bonds. The van der Waals surface area contributed by atoms with Crippen molar-refractivity contribution in [1.29, 1.82) is 0 Å². The molecule has 1 saturated carbocycles. The summed E-state index contributed by atoms with van der Waals surface area (Å²) in [5.74, 6) is 1.55. The Morgan fingerprint density at radius 1 is 1.15 bits per heavy atom. The van der Waals surface area contributed by atoms with Crippen LogP contribution < -0.4 is 10.2 Å². The number of nitrogens with one attached hydrogen (secondary N) is 1. The van der Waals surface area contributed by atoms with Crippen LogP contribution in [-0.2, 0) is 32.3 Å². The monoisotopic (exact) mass is 482 g/mol. The summed E-state index contributed by atoms with van der Waals surface area (Å²) < 4.78 is 29.8. The highest BCUT2D eigenvalue weighted by Gasteiger charge is 2.54. The van der Waals surface area contributed by atoms with Crippen LogP contribution in [-0.4, -0.2) is 60.8 Å². The lowest BCUT2D eigenvalue weighted by Crippen LogP contribution is -2.43. The van der Waals surface area contributed by atoms with E-state index in [2.05, 4.69) is 10.3 Å². The maximum Gasteiger partial charge on any atom is 0.332 e. The van der Waals surface area contributed by atoms with Gasteiger partial charge in [0.25, 0.3) is 5.91 Å². The standard InChI is InChI=1S/C24H26N4O5S/c1-24(2)22(29)28(16-3-4-19-15(10-16)6-8-34(19,31)32)23(30)27(24)11-14-5-7-25-20(9-14)26-21-17-12-33-13-18(17)21/h3-5,7,9-10,17-18,21H,6,8,11-13H2,1-2H3,(H,25,26)/t17-,18+,21?. The molecule has 1 unspecified atom stereocenters. The van der Waals surface area contributed by atoms with Crippen LogP contribution in [0.15, 0.2) is 41.4 Å². The lowest BCUT2D eigenvalue weighted by molar-refractivity contribution is -0.123. The minimum atomic E-state index is -3.28. The molecule has 0 bridgehead atoms. The normalized spacial score (nSPS) is 28.2. The van der Waals surface area contributed by atoms with Gasteiger partial charge in [0.15, 0.2) is 9.84 Å². The molecule has 3 atom stereocenters. The Bertz CT molecular complexity index is 1310. The number of aryl methyl sites for hydroxylation is 1. The summed E-state index contributed by atoms with van der Waals surface area (Å²) >= 11 is 0. The number of benzene rings is 1. The van der Waals surface area contributed by atoms with E-state index in [4.69, 9.17) is 4.74 Å². The van der Waals surface area contributed by atoms with E-state index in [1.807, 2.05) is 12.1 Å². The van der Waals surface area contributed by atoms with Crippen molar-refractivity contribution in [2.75, 3.05) is 29.2 Å². The Labute approximate surface area is 198 Å². The highest BCUT2D eigenvalue weighted by Crippen LogP contribution is 2.46. The molecule has 3 aliphatic heterocycles. The Morgan fingerprint density at radius 2 is 1.91 bits per heavy atom. The van der Waals surface area contributed by atoms with Crippen molar-refractivity contribution in [1.82, 2.24) is 9.88 Å². The topological polar surface area (TPSA) is 109 Å². The molecule has 1 N–H and O–H groups in total. The number of nitrogens with zero attached hydrogens (tertiary/aromatic N) is 3. The van der Waals surface area contributed by atoms with E-state index < -0.39 is 21.4 Å². The number of carbonyl (C=O) groups is 2. The second-order valence-electron chi connectivity index (χ2n) is 10.0. The summed E-state index contributed by atoms with van der Waals surface area (Å²) in [6.45, 7) is 5.29. The number of rotatable bonds is 5. The summed E-state index contributed by atoms with van der Waals surface area (Å²) in [5.41, 5.74) is 0.871. The van der Waals surface area contributed by atoms with Crippen molar-refractivity contribution in [3.05, 3.63) is 47.7 Å². The third-order valence-corrected chi connectivity index (χ3v) is 9.34. The molecular weight excluding hydrogens is 456 g/mol. The fourth-order valence-corrected chi connectivity index (χ4v) is 6.89. The van der Waals surface area contributed by atoms with Gasteiger partial charge in [0.05, 0.1) is 29.5 Å². The number of aromatic nitrogens is 1. The second kappa shape index (κ2) is 7.26. The number of amides is 3. The predicted octanol–water partition coefficient (Wildman–Crippen LogP) is 2.22. The fourth-order valence-electron chi connectivity index (χ4n) is 5.35. The Hall–Kier alpha value is -2.98. The number of fused-ring (bicyclic) bond motifs is 2. The average molecular weight is 483 g/mol. The maximum atomic E-state index is 13.4. The number of ether oxygens (including phenoxy) is 1. The molecule has 0 spiro atoms. The minimum Gasteiger partial charge on any atom is -0.381 e. The molecule has 0 radical (unpaired) electrons. The number of urea groups is 1. The zero-order valence-corrected chi connectivity index (χ0v) is 19.8. The van der Waals surface area contributed by atoms with Crippen molar-refractivity contribution in [2.45, 2.75) is 43.3 Å². The largest absolute Gasteiger partial charge is 0.381 e. The van der Waals surface area contributed by atoms with Gasteiger partial charge in [0, 0.05) is 30.6 Å². The molecule has 3 fully saturated rings. The van der Waals surface area contributed by atoms with Crippen LogP contribution in [0.1, 0.15) is 25.0 Å². The number of hydrogen-bond donors (Lipinski definition) is 1. The Balaban J connectivity index is 1.24. The molecule has 6 rings (SSSR count). The van der Waals surface area contributed by atoms with Gasteiger partial charge in [-0.05, 0) is 61.7 Å². The Kier molecular flexibility index (Phi) is 4.60. The van der Waals surface area contributed by atoms with Crippen LogP contribution in [0.25, 0.3) is 0 Å². The van der Waals surface area contributed by atoms with E-state index in [0.717, 1.165) is 29.5 Å². The zero-order valence-electron chi connectivity index (χ0n) is 19.0. The van der Waals surface area contributed by atoms with Gasteiger partial charge in [-0.25, -0.2) is 23.1 Å². The smallest absolute Gasteiger partial charge is 0.332 e. The molecule has 34 heavy (non-hydrogen) atoms. The number of hydrogen-bond acceptors (Lipinski definition) is 7. The first-order valence-electron chi connectivity index (χ1n) is 11.5. The van der Waals surface area contributed by atoms with Gasteiger partial charge < -0.3 is 15.0 Å². The first kappa shape index (κ1) is 21.5.